The van der Waals surface area contributed by atoms with Gasteiger partial charge in [0, 0.05) is 24.7 Å². The first kappa shape index (κ1) is 15.8. The minimum absolute atomic E-state index is 0.329. The summed E-state index contributed by atoms with van der Waals surface area (Å²) in [6, 6.07) is 1.70. The van der Waals surface area contributed by atoms with E-state index in [9.17, 15) is 4.79 Å². The number of likely N-dealkylation sites (tertiary alicyclic amines) is 1. The van der Waals surface area contributed by atoms with Crippen molar-refractivity contribution in [2.45, 2.75) is 70.0 Å². The minimum Gasteiger partial charge on any atom is -0.339 e. The monoisotopic (exact) mass is 281 g/mol. The highest BCUT2D eigenvalue weighted by atomic mass is 16.2. The molecule has 2 rings (SSSR count). The molecule has 1 amide bonds. The highest BCUT2D eigenvalue weighted by Gasteiger charge is 2.27. The number of hydrogen-bond donors (Lipinski definition) is 1. The molecule has 0 aromatic carbocycles. The highest BCUT2D eigenvalue weighted by molar-refractivity contribution is 5.78. The molecule has 1 atom stereocenters. The second kappa shape index (κ2) is 7.41. The van der Waals surface area contributed by atoms with Crippen LogP contribution < -0.4 is 5.32 Å². The normalized spacial score (nSPS) is 31.6. The molecule has 0 radical (unpaired) electrons. The topological polar surface area (TPSA) is 35.6 Å². The Bertz CT molecular complexity index is 313. The molecule has 20 heavy (non-hydrogen) atoms. The molecular formula is C16H31N3O. The van der Waals surface area contributed by atoms with Crippen LogP contribution in [0.4, 0.5) is 0 Å². The van der Waals surface area contributed by atoms with Crippen LogP contribution in [0.25, 0.3) is 0 Å². The summed E-state index contributed by atoms with van der Waals surface area (Å²) in [6.45, 7) is 3.74. The number of carbonyl (C=O) groups excluding carboxylic acids is 1. The average molecular weight is 281 g/mol. The third-order valence-corrected chi connectivity index (χ3v) is 5.24. The maximum Gasteiger partial charge on any atom is 0.236 e. The van der Waals surface area contributed by atoms with E-state index in [0.29, 0.717) is 30.6 Å². The SMILES string of the molecule is CNC1CCC(N(C)CC(=O)N2CCCCC2C)CC1. The minimum atomic E-state index is 0.329. The zero-order chi connectivity index (χ0) is 14.5. The van der Waals surface area contributed by atoms with Crippen molar-refractivity contribution < 1.29 is 4.79 Å². The maximum atomic E-state index is 12.5. The van der Waals surface area contributed by atoms with Crippen LogP contribution in [0, 0.1) is 0 Å². The van der Waals surface area contributed by atoms with Crippen molar-refractivity contribution in [1.29, 1.82) is 0 Å². The van der Waals surface area contributed by atoms with Gasteiger partial charge in [0.1, 0.15) is 0 Å². The van der Waals surface area contributed by atoms with Crippen LogP contribution in [0.5, 0.6) is 0 Å². The second-order valence-electron chi connectivity index (χ2n) is 6.64. The molecule has 2 aliphatic rings. The molecule has 1 aliphatic heterocycles. The van der Waals surface area contributed by atoms with E-state index in [-0.39, 0.29) is 0 Å². The van der Waals surface area contributed by atoms with Crippen LogP contribution in [-0.2, 0) is 4.79 Å². The van der Waals surface area contributed by atoms with Gasteiger partial charge < -0.3 is 10.2 Å². The lowest BCUT2D eigenvalue weighted by Crippen LogP contribution is -2.49. The molecule has 1 N–H and O–H groups in total. The molecule has 1 saturated heterocycles. The third kappa shape index (κ3) is 3.95. The van der Waals surface area contributed by atoms with E-state index in [1.165, 1.54) is 44.9 Å². The van der Waals surface area contributed by atoms with Crippen molar-refractivity contribution in [2.75, 3.05) is 27.2 Å². The molecule has 116 valence electrons. The number of hydrogen-bond acceptors (Lipinski definition) is 3. The molecule has 0 bridgehead atoms. The van der Waals surface area contributed by atoms with Gasteiger partial charge >= 0.3 is 0 Å². The zero-order valence-electron chi connectivity index (χ0n) is 13.4. The van der Waals surface area contributed by atoms with Gasteiger partial charge in [0.05, 0.1) is 6.54 Å². The molecule has 1 saturated carbocycles. The van der Waals surface area contributed by atoms with Gasteiger partial charge in [-0.2, -0.15) is 0 Å². The predicted octanol–water partition coefficient (Wildman–Crippen LogP) is 1.85. The van der Waals surface area contributed by atoms with Gasteiger partial charge in [0.2, 0.25) is 5.91 Å². The fraction of sp³-hybridized carbons (Fsp3) is 0.938. The van der Waals surface area contributed by atoms with Gasteiger partial charge in [-0.3, -0.25) is 9.69 Å². The largest absolute Gasteiger partial charge is 0.339 e. The smallest absolute Gasteiger partial charge is 0.236 e. The number of amides is 1. The lowest BCUT2D eigenvalue weighted by atomic mass is 9.90. The van der Waals surface area contributed by atoms with Crippen molar-refractivity contribution in [1.82, 2.24) is 15.1 Å². The summed E-state index contributed by atoms with van der Waals surface area (Å²) in [6.07, 6.45) is 8.51. The molecule has 1 unspecified atom stereocenters. The summed E-state index contributed by atoms with van der Waals surface area (Å²) < 4.78 is 0. The van der Waals surface area contributed by atoms with Crippen molar-refractivity contribution in [3.8, 4) is 0 Å². The first-order valence-electron chi connectivity index (χ1n) is 8.28. The molecule has 1 aliphatic carbocycles. The molecule has 0 aromatic heterocycles. The Kier molecular flexibility index (Phi) is 5.85. The molecule has 2 fully saturated rings. The van der Waals surface area contributed by atoms with Gasteiger partial charge in [0.25, 0.3) is 0 Å². The summed E-state index contributed by atoms with van der Waals surface area (Å²) in [4.78, 5) is 16.8. The molecule has 4 heteroatoms. The predicted molar refractivity (Wildman–Crippen MR) is 82.8 cm³/mol. The Hall–Kier alpha value is -0.610. The van der Waals surface area contributed by atoms with Crippen molar-refractivity contribution in [2.24, 2.45) is 0 Å². The Morgan fingerprint density at radius 2 is 1.90 bits per heavy atom. The van der Waals surface area contributed by atoms with Crippen LogP contribution in [-0.4, -0.2) is 61.0 Å². The van der Waals surface area contributed by atoms with Gasteiger partial charge in [-0.15, -0.1) is 0 Å². The molecule has 0 spiro atoms. The Balaban J connectivity index is 1.79. The van der Waals surface area contributed by atoms with E-state index in [2.05, 4.69) is 36.1 Å². The Morgan fingerprint density at radius 1 is 1.20 bits per heavy atom. The Morgan fingerprint density at radius 3 is 2.50 bits per heavy atom. The standard InChI is InChI=1S/C16H31N3O/c1-13-6-4-5-11-19(13)16(20)12-18(3)15-9-7-14(17-2)8-10-15/h13-15,17H,4-12H2,1-3H3. The van der Waals surface area contributed by atoms with Gasteiger partial charge in [0.15, 0.2) is 0 Å². The van der Waals surface area contributed by atoms with Crippen LogP contribution in [0.15, 0.2) is 0 Å². The summed E-state index contributed by atoms with van der Waals surface area (Å²) in [7, 11) is 4.17. The molecule has 0 aromatic rings. The van der Waals surface area contributed by atoms with Crippen LogP contribution >= 0.6 is 0 Å². The number of nitrogens with one attached hydrogen (secondary N) is 1. The summed E-state index contributed by atoms with van der Waals surface area (Å²) in [5, 5.41) is 3.37. The number of carbonyl (C=O) groups is 1. The van der Waals surface area contributed by atoms with Gasteiger partial charge in [-0.05, 0) is 66.0 Å². The van der Waals surface area contributed by atoms with Crippen LogP contribution in [0.1, 0.15) is 51.9 Å². The van der Waals surface area contributed by atoms with E-state index >= 15 is 0 Å². The Labute approximate surface area is 123 Å². The summed E-state index contributed by atoms with van der Waals surface area (Å²) >= 11 is 0. The van der Waals surface area contributed by atoms with Gasteiger partial charge in [-0.1, -0.05) is 0 Å². The fourth-order valence-corrected chi connectivity index (χ4v) is 3.71. The number of piperidine rings is 1. The molecule has 1 heterocycles. The highest BCUT2D eigenvalue weighted by Crippen LogP contribution is 2.23. The molecular weight excluding hydrogens is 250 g/mol. The third-order valence-electron chi connectivity index (χ3n) is 5.24. The van der Waals surface area contributed by atoms with E-state index in [1.807, 2.05) is 0 Å². The maximum absolute atomic E-state index is 12.5. The fourth-order valence-electron chi connectivity index (χ4n) is 3.71. The van der Waals surface area contributed by atoms with Crippen molar-refractivity contribution in [3.05, 3.63) is 0 Å². The van der Waals surface area contributed by atoms with E-state index in [0.717, 1.165) is 6.54 Å². The lowest BCUT2D eigenvalue weighted by Gasteiger charge is -2.38. The second-order valence-corrected chi connectivity index (χ2v) is 6.64. The first-order valence-corrected chi connectivity index (χ1v) is 8.28. The van der Waals surface area contributed by atoms with Gasteiger partial charge in [-0.25, -0.2) is 0 Å². The average Bonchev–Trinajstić information content (AvgIpc) is 2.47. The first-order chi connectivity index (χ1) is 9.61. The quantitative estimate of drug-likeness (QED) is 0.854. The number of nitrogens with zero attached hydrogens (tertiary/aromatic N) is 2. The number of likely N-dealkylation sites (N-methyl/N-ethyl adjacent to an activating group) is 1. The van der Waals surface area contributed by atoms with Crippen molar-refractivity contribution in [3.63, 3.8) is 0 Å². The van der Waals surface area contributed by atoms with Crippen LogP contribution in [0.2, 0.25) is 0 Å². The van der Waals surface area contributed by atoms with E-state index in [4.69, 9.17) is 0 Å². The summed E-state index contributed by atoms with van der Waals surface area (Å²) in [5.74, 6) is 0.329. The van der Waals surface area contributed by atoms with E-state index in [1.54, 1.807) is 0 Å². The summed E-state index contributed by atoms with van der Waals surface area (Å²) in [5.41, 5.74) is 0. The molecule has 4 nitrogen and oxygen atoms in total. The number of rotatable bonds is 4. The lowest BCUT2D eigenvalue weighted by molar-refractivity contribution is -0.136. The van der Waals surface area contributed by atoms with Crippen LogP contribution in [0.3, 0.4) is 0 Å². The van der Waals surface area contributed by atoms with Crippen molar-refractivity contribution >= 4 is 5.91 Å². The zero-order valence-corrected chi connectivity index (χ0v) is 13.4. The van der Waals surface area contributed by atoms with E-state index < -0.39 is 0 Å².